The molecule has 1 rings (SSSR count). The zero-order valence-electron chi connectivity index (χ0n) is 9.88. The molecule has 0 saturated heterocycles. The van der Waals surface area contributed by atoms with Crippen molar-refractivity contribution in [3.05, 3.63) is 29.3 Å². The minimum Gasteiger partial charge on any atom is -0.326 e. The fourth-order valence-electron chi connectivity index (χ4n) is 1.43. The van der Waals surface area contributed by atoms with Gasteiger partial charge in [-0.3, -0.25) is 15.0 Å². The van der Waals surface area contributed by atoms with Crippen LogP contribution in [0.3, 0.4) is 0 Å². The van der Waals surface area contributed by atoms with Crippen molar-refractivity contribution in [2.45, 2.75) is 19.8 Å². The second-order valence-corrected chi connectivity index (χ2v) is 3.78. The maximum Gasteiger partial charge on any atom is 0.353 e. The number of benzene rings is 1. The first-order valence-electron chi connectivity index (χ1n) is 5.06. The van der Waals surface area contributed by atoms with Gasteiger partial charge in [0, 0.05) is 6.92 Å². The van der Waals surface area contributed by atoms with E-state index in [1.165, 1.54) is 18.4 Å². The van der Waals surface area contributed by atoms with Crippen LogP contribution in [-0.2, 0) is 15.5 Å². The number of carbonyl (C=O) groups excluding carboxylic acids is 2. The van der Waals surface area contributed by atoms with Crippen LogP contribution < -0.4 is 16.6 Å². The molecule has 18 heavy (non-hydrogen) atoms. The number of carbonyl (C=O) groups is 2. The number of aryl methyl sites for hydroxylation is 1. The Hall–Kier alpha value is -2.02. The first-order valence-corrected chi connectivity index (χ1v) is 5.06. The quantitative estimate of drug-likeness (QED) is 0.429. The molecule has 1 aromatic rings. The van der Waals surface area contributed by atoms with Crippen molar-refractivity contribution in [2.75, 3.05) is 5.32 Å². The average molecular weight is 257 g/mol. The second kappa shape index (κ2) is 5.09. The highest BCUT2D eigenvalue weighted by Gasteiger charge is 2.42. The highest BCUT2D eigenvalue weighted by Crippen LogP contribution is 2.34. The lowest BCUT2D eigenvalue weighted by atomic mass is 10.0. The molecule has 0 spiro atoms. The number of anilines is 1. The Labute approximate surface area is 102 Å². The van der Waals surface area contributed by atoms with Crippen LogP contribution in [0.5, 0.6) is 0 Å². The Morgan fingerprint density at radius 2 is 1.94 bits per heavy atom. The lowest BCUT2D eigenvalue weighted by Gasteiger charge is -2.19. The Morgan fingerprint density at radius 1 is 1.33 bits per heavy atom. The van der Waals surface area contributed by atoms with Gasteiger partial charge in [-0.2, -0.15) is 8.78 Å². The van der Waals surface area contributed by atoms with Gasteiger partial charge >= 0.3 is 11.8 Å². The van der Waals surface area contributed by atoms with Crippen molar-refractivity contribution in [3.63, 3.8) is 0 Å². The van der Waals surface area contributed by atoms with E-state index < -0.39 is 23.3 Å². The smallest absolute Gasteiger partial charge is 0.326 e. The topological polar surface area (TPSA) is 84.2 Å². The number of halogens is 2. The number of alkyl halides is 2. The molecule has 0 fully saturated rings. The number of rotatable bonds is 3. The van der Waals surface area contributed by atoms with E-state index >= 15 is 0 Å². The van der Waals surface area contributed by atoms with Gasteiger partial charge in [0.15, 0.2) is 0 Å². The van der Waals surface area contributed by atoms with Crippen molar-refractivity contribution in [1.29, 1.82) is 0 Å². The van der Waals surface area contributed by atoms with Crippen molar-refractivity contribution < 1.29 is 18.4 Å². The fraction of sp³-hybridized carbons (Fsp3) is 0.273. The predicted molar refractivity (Wildman–Crippen MR) is 61.7 cm³/mol. The second-order valence-electron chi connectivity index (χ2n) is 3.78. The van der Waals surface area contributed by atoms with Crippen molar-refractivity contribution in [3.8, 4) is 0 Å². The van der Waals surface area contributed by atoms with Crippen LogP contribution >= 0.6 is 0 Å². The van der Waals surface area contributed by atoms with Crippen LogP contribution in [0.1, 0.15) is 18.1 Å². The van der Waals surface area contributed by atoms with Gasteiger partial charge in [-0.1, -0.05) is 11.6 Å². The van der Waals surface area contributed by atoms with E-state index in [-0.39, 0.29) is 5.69 Å². The average Bonchev–Trinajstić information content (AvgIpc) is 2.29. The molecule has 0 aliphatic heterocycles. The molecular weight excluding hydrogens is 244 g/mol. The highest BCUT2D eigenvalue weighted by molar-refractivity contribution is 5.92. The van der Waals surface area contributed by atoms with Crippen molar-refractivity contribution in [1.82, 2.24) is 5.43 Å². The molecule has 0 aliphatic rings. The summed E-state index contributed by atoms with van der Waals surface area (Å²) in [6.07, 6.45) is 0. The van der Waals surface area contributed by atoms with Gasteiger partial charge in [0.1, 0.15) is 0 Å². The molecular formula is C11H13F2N3O2. The van der Waals surface area contributed by atoms with E-state index in [0.29, 0.717) is 5.56 Å². The number of hydrogen-bond acceptors (Lipinski definition) is 3. The summed E-state index contributed by atoms with van der Waals surface area (Å²) >= 11 is 0. The summed E-state index contributed by atoms with van der Waals surface area (Å²) < 4.78 is 27.6. The molecule has 7 heteroatoms. The van der Waals surface area contributed by atoms with Crippen LogP contribution in [0.4, 0.5) is 14.5 Å². The normalized spacial score (nSPS) is 10.9. The van der Waals surface area contributed by atoms with Crippen LogP contribution in [0, 0.1) is 6.92 Å². The van der Waals surface area contributed by atoms with Gasteiger partial charge in [0.25, 0.3) is 0 Å². The first-order chi connectivity index (χ1) is 8.28. The SMILES string of the molecule is CC(=O)Nc1ccc(C)cc1C(F)(F)C(=O)NN. The van der Waals surface area contributed by atoms with Crippen LogP contribution in [-0.4, -0.2) is 11.8 Å². The Balaban J connectivity index is 3.32. The third-order valence-corrected chi connectivity index (χ3v) is 2.24. The summed E-state index contributed by atoms with van der Waals surface area (Å²) in [4.78, 5) is 22.0. The number of hydrazine groups is 1. The molecule has 4 N–H and O–H groups in total. The molecule has 0 radical (unpaired) electrons. The summed E-state index contributed by atoms with van der Waals surface area (Å²) in [5.74, 6) is -1.25. The molecule has 5 nitrogen and oxygen atoms in total. The van der Waals surface area contributed by atoms with E-state index in [4.69, 9.17) is 5.84 Å². The summed E-state index contributed by atoms with van der Waals surface area (Å²) in [5, 5.41) is 2.25. The summed E-state index contributed by atoms with van der Waals surface area (Å²) in [5.41, 5.74) is 1.21. The van der Waals surface area contributed by atoms with E-state index in [1.54, 1.807) is 13.0 Å². The largest absolute Gasteiger partial charge is 0.353 e. The van der Waals surface area contributed by atoms with Gasteiger partial charge in [-0.05, 0) is 19.1 Å². The number of nitrogens with one attached hydrogen (secondary N) is 2. The Kier molecular flexibility index (Phi) is 3.97. The zero-order chi connectivity index (χ0) is 13.9. The van der Waals surface area contributed by atoms with Crippen LogP contribution in [0.15, 0.2) is 18.2 Å². The number of amides is 2. The fourth-order valence-corrected chi connectivity index (χ4v) is 1.43. The summed E-state index contributed by atoms with van der Waals surface area (Å²) in [6.45, 7) is 2.78. The molecule has 0 aromatic heterocycles. The third kappa shape index (κ3) is 2.80. The molecule has 0 atom stereocenters. The van der Waals surface area contributed by atoms with Gasteiger partial charge < -0.3 is 5.32 Å². The number of hydrogen-bond donors (Lipinski definition) is 3. The van der Waals surface area contributed by atoms with E-state index in [2.05, 4.69) is 5.32 Å². The summed E-state index contributed by atoms with van der Waals surface area (Å²) in [7, 11) is 0. The van der Waals surface area contributed by atoms with E-state index in [0.717, 1.165) is 6.07 Å². The van der Waals surface area contributed by atoms with Crippen molar-refractivity contribution >= 4 is 17.5 Å². The molecule has 2 amide bonds. The van der Waals surface area contributed by atoms with Gasteiger partial charge in [0.05, 0.1) is 11.3 Å². The molecule has 0 heterocycles. The maximum atomic E-state index is 13.8. The first kappa shape index (κ1) is 14.0. The third-order valence-electron chi connectivity index (χ3n) is 2.24. The van der Waals surface area contributed by atoms with Crippen LogP contribution in [0.25, 0.3) is 0 Å². The van der Waals surface area contributed by atoms with Gasteiger partial charge in [-0.25, -0.2) is 5.84 Å². The maximum absolute atomic E-state index is 13.8. The predicted octanol–water partition coefficient (Wildman–Crippen LogP) is 1.04. The van der Waals surface area contributed by atoms with Gasteiger partial charge in [-0.15, -0.1) is 0 Å². The lowest BCUT2D eigenvalue weighted by Crippen LogP contribution is -2.42. The van der Waals surface area contributed by atoms with Gasteiger partial charge in [0.2, 0.25) is 5.91 Å². The van der Waals surface area contributed by atoms with Crippen LogP contribution in [0.2, 0.25) is 0 Å². The Bertz CT molecular complexity index is 489. The highest BCUT2D eigenvalue weighted by atomic mass is 19.3. The molecule has 0 saturated carbocycles. The monoisotopic (exact) mass is 257 g/mol. The van der Waals surface area contributed by atoms with E-state index in [9.17, 15) is 18.4 Å². The molecule has 1 aromatic carbocycles. The Morgan fingerprint density at radius 3 is 2.44 bits per heavy atom. The lowest BCUT2D eigenvalue weighted by molar-refractivity contribution is -0.147. The molecule has 98 valence electrons. The zero-order valence-corrected chi connectivity index (χ0v) is 9.88. The number of nitrogens with two attached hydrogens (primary N) is 1. The molecule has 0 aliphatic carbocycles. The summed E-state index contributed by atoms with van der Waals surface area (Å²) in [6, 6.07) is 3.98. The standard InChI is InChI=1S/C11H13F2N3O2/c1-6-3-4-9(15-7(2)17)8(5-6)11(12,13)10(18)16-14/h3-5H,14H2,1-2H3,(H,15,17)(H,16,18). The van der Waals surface area contributed by atoms with E-state index in [1.807, 2.05) is 0 Å². The molecule has 0 unspecified atom stereocenters. The minimum absolute atomic E-state index is 0.123. The minimum atomic E-state index is -3.82. The van der Waals surface area contributed by atoms with Crippen molar-refractivity contribution in [2.24, 2.45) is 5.84 Å². The molecule has 0 bridgehead atoms.